The molecule has 140 valence electrons. The number of rotatable bonds is 5. The lowest BCUT2D eigenvalue weighted by molar-refractivity contribution is -0.114. The van der Waals surface area contributed by atoms with Crippen LogP contribution in [0.1, 0.15) is 21.7 Å². The zero-order chi connectivity index (χ0) is 19.5. The molecule has 4 rings (SSSR count). The van der Waals surface area contributed by atoms with Gasteiger partial charge in [-0.15, -0.1) is 11.3 Å². The number of fused-ring (bicyclic) bond motifs is 1. The van der Waals surface area contributed by atoms with Crippen molar-refractivity contribution in [3.8, 4) is 0 Å². The molecule has 0 aliphatic heterocycles. The molecule has 28 heavy (non-hydrogen) atoms. The SMILES string of the molecule is Cc1ccc(C)c2sc(N(Cc3ccccn3)C(=O)/C=C/c3cccs3)nc12. The van der Waals surface area contributed by atoms with Crippen LogP contribution >= 0.6 is 22.7 Å². The van der Waals surface area contributed by atoms with Crippen molar-refractivity contribution < 1.29 is 4.79 Å². The first kappa shape index (κ1) is 18.5. The second kappa shape index (κ2) is 8.04. The highest BCUT2D eigenvalue weighted by Gasteiger charge is 2.20. The molecular formula is C22H19N3OS2. The van der Waals surface area contributed by atoms with E-state index in [2.05, 4.69) is 24.0 Å². The van der Waals surface area contributed by atoms with E-state index in [1.165, 1.54) is 5.56 Å². The van der Waals surface area contributed by atoms with Gasteiger partial charge < -0.3 is 0 Å². The quantitative estimate of drug-likeness (QED) is 0.405. The van der Waals surface area contributed by atoms with Crippen LogP contribution in [0.5, 0.6) is 0 Å². The third-order valence-corrected chi connectivity index (χ3v) is 6.46. The number of amides is 1. The van der Waals surface area contributed by atoms with Crippen LogP contribution < -0.4 is 4.90 Å². The summed E-state index contributed by atoms with van der Waals surface area (Å²) in [6.07, 6.45) is 5.20. The van der Waals surface area contributed by atoms with Crippen LogP contribution in [-0.2, 0) is 11.3 Å². The second-order valence-corrected chi connectivity index (χ2v) is 8.42. The maximum atomic E-state index is 13.1. The standard InChI is InChI=1S/C22H19N3OS2/c1-15-8-9-16(2)21-20(15)24-22(28-21)25(14-17-6-3-4-12-23-17)19(26)11-10-18-7-5-13-27-18/h3-13H,14H2,1-2H3/b11-10+. The number of carbonyl (C=O) groups is 1. The number of benzene rings is 1. The number of carbonyl (C=O) groups excluding carboxylic acids is 1. The Balaban J connectivity index is 1.73. The van der Waals surface area contributed by atoms with Crippen LogP contribution in [-0.4, -0.2) is 15.9 Å². The maximum Gasteiger partial charge on any atom is 0.253 e. The van der Waals surface area contributed by atoms with Gasteiger partial charge in [0.2, 0.25) is 0 Å². The largest absolute Gasteiger partial charge is 0.278 e. The molecule has 0 atom stereocenters. The molecule has 0 aliphatic rings. The Hall–Kier alpha value is -2.83. The van der Waals surface area contributed by atoms with Crippen molar-refractivity contribution in [2.45, 2.75) is 20.4 Å². The van der Waals surface area contributed by atoms with E-state index in [1.54, 1.807) is 39.8 Å². The average molecular weight is 406 g/mol. The number of aromatic nitrogens is 2. The molecule has 3 heterocycles. The summed E-state index contributed by atoms with van der Waals surface area (Å²) in [4.78, 5) is 25.0. The van der Waals surface area contributed by atoms with E-state index in [1.807, 2.05) is 48.7 Å². The normalized spacial score (nSPS) is 11.4. The summed E-state index contributed by atoms with van der Waals surface area (Å²) in [7, 11) is 0. The number of thiophene rings is 1. The van der Waals surface area contributed by atoms with E-state index in [0.29, 0.717) is 11.7 Å². The second-order valence-electron chi connectivity index (χ2n) is 6.47. The van der Waals surface area contributed by atoms with E-state index >= 15 is 0 Å². The Morgan fingerprint density at radius 2 is 1.96 bits per heavy atom. The summed E-state index contributed by atoms with van der Waals surface area (Å²) < 4.78 is 1.12. The molecule has 0 radical (unpaired) electrons. The van der Waals surface area contributed by atoms with Gasteiger partial charge in [-0.1, -0.05) is 35.6 Å². The van der Waals surface area contributed by atoms with Gasteiger partial charge in [0.05, 0.1) is 22.5 Å². The van der Waals surface area contributed by atoms with E-state index in [9.17, 15) is 4.79 Å². The van der Waals surface area contributed by atoms with Crippen molar-refractivity contribution in [3.63, 3.8) is 0 Å². The number of nitrogens with zero attached hydrogens (tertiary/aromatic N) is 3. The predicted molar refractivity (Wildman–Crippen MR) is 118 cm³/mol. The van der Waals surface area contributed by atoms with Gasteiger partial charge in [0.1, 0.15) is 0 Å². The molecular weight excluding hydrogens is 386 g/mol. The van der Waals surface area contributed by atoms with Gasteiger partial charge in [-0.2, -0.15) is 0 Å². The Morgan fingerprint density at radius 3 is 2.68 bits per heavy atom. The predicted octanol–water partition coefficient (Wildman–Crippen LogP) is 5.62. The van der Waals surface area contributed by atoms with Crippen molar-refractivity contribution >= 4 is 50.0 Å². The fourth-order valence-electron chi connectivity index (χ4n) is 2.89. The van der Waals surface area contributed by atoms with Crippen LogP contribution in [0.3, 0.4) is 0 Å². The molecule has 6 heteroatoms. The number of pyridine rings is 1. The minimum atomic E-state index is -0.103. The number of hydrogen-bond donors (Lipinski definition) is 0. The summed E-state index contributed by atoms with van der Waals surface area (Å²) in [6, 6.07) is 13.9. The van der Waals surface area contributed by atoms with Gasteiger partial charge in [-0.05, 0) is 54.6 Å². The van der Waals surface area contributed by atoms with Crippen molar-refractivity contribution in [1.82, 2.24) is 9.97 Å². The highest BCUT2D eigenvalue weighted by atomic mass is 32.1. The lowest BCUT2D eigenvalue weighted by Crippen LogP contribution is -2.29. The van der Waals surface area contributed by atoms with Gasteiger partial charge in [0, 0.05) is 17.2 Å². The van der Waals surface area contributed by atoms with Gasteiger partial charge in [-0.3, -0.25) is 14.7 Å². The molecule has 4 aromatic rings. The summed E-state index contributed by atoms with van der Waals surface area (Å²) in [6.45, 7) is 4.50. The molecule has 3 aromatic heterocycles. The molecule has 0 bridgehead atoms. The van der Waals surface area contributed by atoms with Crippen molar-refractivity contribution in [2.24, 2.45) is 0 Å². The smallest absolute Gasteiger partial charge is 0.253 e. The van der Waals surface area contributed by atoms with Gasteiger partial charge in [0.25, 0.3) is 5.91 Å². The third kappa shape index (κ3) is 3.88. The molecule has 0 N–H and O–H groups in total. The third-order valence-electron chi connectivity index (χ3n) is 4.41. The minimum Gasteiger partial charge on any atom is -0.278 e. The van der Waals surface area contributed by atoms with Crippen LogP contribution in [0, 0.1) is 13.8 Å². The fourth-order valence-corrected chi connectivity index (χ4v) is 4.62. The molecule has 0 saturated heterocycles. The number of hydrogen-bond acceptors (Lipinski definition) is 5. The molecule has 0 unspecified atom stereocenters. The average Bonchev–Trinajstić information content (AvgIpc) is 3.38. The highest BCUT2D eigenvalue weighted by Crippen LogP contribution is 2.33. The lowest BCUT2D eigenvalue weighted by atomic mass is 10.1. The summed E-state index contributed by atoms with van der Waals surface area (Å²) in [5.41, 5.74) is 4.07. The van der Waals surface area contributed by atoms with Crippen LogP contribution in [0.15, 0.2) is 60.1 Å². The molecule has 0 saturated carbocycles. The first-order valence-corrected chi connectivity index (χ1v) is 10.6. The Bertz CT molecular complexity index is 1090. The van der Waals surface area contributed by atoms with E-state index in [4.69, 9.17) is 4.98 Å². The molecule has 0 spiro atoms. The van der Waals surface area contributed by atoms with Crippen LogP contribution in [0.2, 0.25) is 0 Å². The van der Waals surface area contributed by atoms with Crippen molar-refractivity contribution in [2.75, 3.05) is 4.90 Å². The monoisotopic (exact) mass is 405 g/mol. The first-order chi connectivity index (χ1) is 13.6. The van der Waals surface area contributed by atoms with E-state index in [0.717, 1.165) is 26.4 Å². The highest BCUT2D eigenvalue weighted by molar-refractivity contribution is 7.22. The summed E-state index contributed by atoms with van der Waals surface area (Å²) in [5, 5.41) is 2.69. The molecule has 0 aliphatic carbocycles. The van der Waals surface area contributed by atoms with E-state index < -0.39 is 0 Å². The zero-order valence-electron chi connectivity index (χ0n) is 15.6. The molecule has 1 amide bonds. The fraction of sp³-hybridized carbons (Fsp3) is 0.136. The summed E-state index contributed by atoms with van der Waals surface area (Å²) >= 11 is 3.15. The number of aryl methyl sites for hydroxylation is 2. The lowest BCUT2D eigenvalue weighted by Gasteiger charge is -2.17. The Morgan fingerprint density at radius 1 is 1.11 bits per heavy atom. The Labute approximate surface area is 171 Å². The van der Waals surface area contributed by atoms with E-state index in [-0.39, 0.29) is 5.91 Å². The molecule has 4 nitrogen and oxygen atoms in total. The molecule has 1 aromatic carbocycles. The topological polar surface area (TPSA) is 46.1 Å². The van der Waals surface area contributed by atoms with Gasteiger partial charge in [-0.25, -0.2) is 4.98 Å². The number of thiazole rings is 1. The van der Waals surface area contributed by atoms with Gasteiger partial charge in [0.15, 0.2) is 5.13 Å². The zero-order valence-corrected chi connectivity index (χ0v) is 17.3. The number of anilines is 1. The summed E-state index contributed by atoms with van der Waals surface area (Å²) in [5.74, 6) is -0.103. The van der Waals surface area contributed by atoms with Crippen molar-refractivity contribution in [1.29, 1.82) is 0 Å². The van der Waals surface area contributed by atoms with Crippen LogP contribution in [0.4, 0.5) is 5.13 Å². The minimum absolute atomic E-state index is 0.103. The first-order valence-electron chi connectivity index (χ1n) is 8.91. The van der Waals surface area contributed by atoms with Gasteiger partial charge >= 0.3 is 0 Å². The van der Waals surface area contributed by atoms with Crippen molar-refractivity contribution in [3.05, 3.63) is 81.8 Å². The molecule has 0 fully saturated rings. The maximum absolute atomic E-state index is 13.1. The Kier molecular flexibility index (Phi) is 5.32. The van der Waals surface area contributed by atoms with Crippen LogP contribution in [0.25, 0.3) is 16.3 Å².